The molecule has 1 atom stereocenters. The van der Waals surface area contributed by atoms with Crippen molar-refractivity contribution < 1.29 is 4.79 Å². The molecule has 1 aromatic carbocycles. The van der Waals surface area contributed by atoms with E-state index in [1.807, 2.05) is 11.0 Å². The minimum Gasteiger partial charge on any atom is -0.342 e. The number of halogens is 3. The number of aromatic nitrogens is 3. The van der Waals surface area contributed by atoms with E-state index in [1.54, 1.807) is 24.3 Å². The van der Waals surface area contributed by atoms with Gasteiger partial charge in [-0.15, -0.1) is 0 Å². The van der Waals surface area contributed by atoms with Gasteiger partial charge in [0.15, 0.2) is 5.65 Å². The van der Waals surface area contributed by atoms with Gasteiger partial charge in [-0.25, -0.2) is 9.97 Å². The molecule has 140 valence electrons. The predicted octanol–water partition coefficient (Wildman–Crippen LogP) is 4.87. The number of H-pyrrole nitrogens is 1. The van der Waals surface area contributed by atoms with Gasteiger partial charge in [-0.1, -0.05) is 34.8 Å². The standard InChI is InChI=1S/C19H17Cl3N4O/c20-13-6-11(7-14(21)9-13)8-17(27)26-5-1-2-12(10-26)18-23-15-3-4-16(22)24-19(15)25-18/h3-4,6-7,9,12H,1-2,5,8,10H2,(H,23,24,25). The molecule has 1 unspecified atom stereocenters. The Morgan fingerprint density at radius 3 is 2.70 bits per heavy atom. The normalized spacial score (nSPS) is 17.4. The third-order valence-electron chi connectivity index (χ3n) is 4.77. The van der Waals surface area contributed by atoms with Crippen LogP contribution in [0, 0.1) is 0 Å². The molecule has 3 aromatic rings. The molecule has 1 aliphatic rings. The van der Waals surface area contributed by atoms with E-state index in [4.69, 9.17) is 34.8 Å². The number of amides is 1. The Kier molecular flexibility index (Phi) is 5.26. The topological polar surface area (TPSA) is 61.9 Å². The molecule has 8 heteroatoms. The van der Waals surface area contributed by atoms with Crippen molar-refractivity contribution in [3.63, 3.8) is 0 Å². The first kappa shape index (κ1) is 18.5. The van der Waals surface area contributed by atoms with E-state index in [0.717, 1.165) is 36.3 Å². The minimum atomic E-state index is 0.0651. The second-order valence-corrected chi connectivity index (χ2v) is 8.02. The Morgan fingerprint density at radius 2 is 1.93 bits per heavy atom. The van der Waals surface area contributed by atoms with Gasteiger partial charge >= 0.3 is 0 Å². The van der Waals surface area contributed by atoms with Crippen LogP contribution < -0.4 is 0 Å². The predicted molar refractivity (Wildman–Crippen MR) is 108 cm³/mol. The molecular weight excluding hydrogens is 407 g/mol. The summed E-state index contributed by atoms with van der Waals surface area (Å²) in [5.41, 5.74) is 2.28. The molecule has 1 amide bonds. The van der Waals surface area contributed by atoms with Crippen molar-refractivity contribution in [1.82, 2.24) is 19.9 Å². The van der Waals surface area contributed by atoms with E-state index >= 15 is 0 Å². The Bertz CT molecular complexity index is 984. The number of rotatable bonds is 3. The second-order valence-electron chi connectivity index (χ2n) is 6.76. The van der Waals surface area contributed by atoms with Gasteiger partial charge in [0, 0.05) is 29.1 Å². The molecule has 1 fully saturated rings. The largest absolute Gasteiger partial charge is 0.342 e. The van der Waals surface area contributed by atoms with E-state index in [2.05, 4.69) is 15.0 Å². The zero-order chi connectivity index (χ0) is 19.0. The van der Waals surface area contributed by atoms with Crippen LogP contribution in [0.15, 0.2) is 30.3 Å². The van der Waals surface area contributed by atoms with Gasteiger partial charge in [0.05, 0.1) is 11.9 Å². The van der Waals surface area contributed by atoms with Crippen molar-refractivity contribution >= 4 is 51.9 Å². The number of benzene rings is 1. The van der Waals surface area contributed by atoms with Crippen LogP contribution in [0.1, 0.15) is 30.1 Å². The summed E-state index contributed by atoms with van der Waals surface area (Å²) in [6, 6.07) is 8.83. The maximum Gasteiger partial charge on any atom is 0.227 e. The fourth-order valence-corrected chi connectivity index (χ4v) is 4.22. The van der Waals surface area contributed by atoms with E-state index < -0.39 is 0 Å². The fraction of sp³-hybridized carbons (Fsp3) is 0.316. The molecule has 0 aliphatic carbocycles. The van der Waals surface area contributed by atoms with Crippen LogP contribution in [0.5, 0.6) is 0 Å². The highest BCUT2D eigenvalue weighted by molar-refractivity contribution is 6.34. The zero-order valence-electron chi connectivity index (χ0n) is 14.4. The molecule has 27 heavy (non-hydrogen) atoms. The Hall–Kier alpha value is -1.82. The number of carbonyl (C=O) groups excluding carboxylic acids is 1. The van der Waals surface area contributed by atoms with Gasteiger partial charge in [0.25, 0.3) is 0 Å². The van der Waals surface area contributed by atoms with E-state index in [9.17, 15) is 4.79 Å². The SMILES string of the molecule is O=C(Cc1cc(Cl)cc(Cl)c1)N1CCCC(c2nc3nc(Cl)ccc3[nH]2)C1. The number of aromatic amines is 1. The molecule has 2 aromatic heterocycles. The van der Waals surface area contributed by atoms with Gasteiger partial charge in [0.2, 0.25) is 5.91 Å². The van der Waals surface area contributed by atoms with Gasteiger partial charge < -0.3 is 9.88 Å². The number of carbonyl (C=O) groups is 1. The van der Waals surface area contributed by atoms with Crippen molar-refractivity contribution in [3.05, 3.63) is 56.9 Å². The van der Waals surface area contributed by atoms with Gasteiger partial charge in [-0.2, -0.15) is 0 Å². The first-order chi connectivity index (χ1) is 13.0. The average Bonchev–Trinajstić information content (AvgIpc) is 3.04. The molecule has 1 saturated heterocycles. The minimum absolute atomic E-state index is 0.0651. The summed E-state index contributed by atoms with van der Waals surface area (Å²) < 4.78 is 0. The molecule has 3 heterocycles. The van der Waals surface area contributed by atoms with E-state index in [1.165, 1.54) is 0 Å². The molecule has 0 bridgehead atoms. The summed E-state index contributed by atoms with van der Waals surface area (Å²) in [6.07, 6.45) is 2.18. The van der Waals surface area contributed by atoms with Crippen LogP contribution in [-0.2, 0) is 11.2 Å². The number of hydrogen-bond acceptors (Lipinski definition) is 3. The lowest BCUT2D eigenvalue weighted by Crippen LogP contribution is -2.40. The summed E-state index contributed by atoms with van der Waals surface area (Å²) >= 11 is 18.0. The van der Waals surface area contributed by atoms with E-state index in [-0.39, 0.29) is 18.2 Å². The number of fused-ring (bicyclic) bond motifs is 1. The lowest BCUT2D eigenvalue weighted by molar-refractivity contribution is -0.131. The monoisotopic (exact) mass is 422 g/mol. The molecule has 0 radical (unpaired) electrons. The van der Waals surface area contributed by atoms with Crippen LogP contribution >= 0.6 is 34.8 Å². The lowest BCUT2D eigenvalue weighted by Gasteiger charge is -2.32. The van der Waals surface area contributed by atoms with Gasteiger partial charge in [-0.3, -0.25) is 4.79 Å². The lowest BCUT2D eigenvalue weighted by atomic mass is 9.96. The maximum absolute atomic E-state index is 12.8. The Morgan fingerprint density at radius 1 is 1.15 bits per heavy atom. The number of imidazole rings is 1. The van der Waals surface area contributed by atoms with Crippen molar-refractivity contribution in [2.75, 3.05) is 13.1 Å². The van der Waals surface area contributed by atoms with Crippen molar-refractivity contribution in [3.8, 4) is 0 Å². The third-order valence-corrected chi connectivity index (χ3v) is 5.42. The van der Waals surface area contributed by atoms with Crippen LogP contribution in [0.2, 0.25) is 15.2 Å². The van der Waals surface area contributed by atoms with Crippen LogP contribution in [0.3, 0.4) is 0 Å². The number of piperidine rings is 1. The average molecular weight is 424 g/mol. The smallest absolute Gasteiger partial charge is 0.227 e. The molecule has 4 rings (SSSR count). The highest BCUT2D eigenvalue weighted by Crippen LogP contribution is 2.27. The molecule has 5 nitrogen and oxygen atoms in total. The maximum atomic E-state index is 12.8. The Labute approximate surface area is 171 Å². The molecular formula is C19H17Cl3N4O. The quantitative estimate of drug-likeness (QED) is 0.612. The first-order valence-electron chi connectivity index (χ1n) is 8.73. The number of hydrogen-bond donors (Lipinski definition) is 1. The van der Waals surface area contributed by atoms with Gasteiger partial charge in [0.1, 0.15) is 11.0 Å². The summed E-state index contributed by atoms with van der Waals surface area (Å²) in [5.74, 6) is 1.07. The summed E-state index contributed by atoms with van der Waals surface area (Å²) in [6.45, 7) is 1.37. The fourth-order valence-electron chi connectivity index (χ4n) is 3.51. The molecule has 0 saturated carbocycles. The van der Waals surface area contributed by atoms with Crippen LogP contribution in [0.4, 0.5) is 0 Å². The second kappa shape index (κ2) is 7.66. The highest BCUT2D eigenvalue weighted by Gasteiger charge is 2.27. The number of likely N-dealkylation sites (tertiary alicyclic amines) is 1. The summed E-state index contributed by atoms with van der Waals surface area (Å²) in [4.78, 5) is 26.8. The first-order valence-corrected chi connectivity index (χ1v) is 9.86. The number of nitrogens with one attached hydrogen (secondary N) is 1. The van der Waals surface area contributed by atoms with Crippen LogP contribution in [0.25, 0.3) is 11.2 Å². The summed E-state index contributed by atoms with van der Waals surface area (Å²) in [7, 11) is 0. The van der Waals surface area contributed by atoms with Crippen molar-refractivity contribution in [2.24, 2.45) is 0 Å². The van der Waals surface area contributed by atoms with Crippen molar-refractivity contribution in [2.45, 2.75) is 25.2 Å². The van der Waals surface area contributed by atoms with Crippen molar-refractivity contribution in [1.29, 1.82) is 0 Å². The highest BCUT2D eigenvalue weighted by atomic mass is 35.5. The molecule has 1 aliphatic heterocycles. The third kappa shape index (κ3) is 4.21. The zero-order valence-corrected chi connectivity index (χ0v) is 16.7. The van der Waals surface area contributed by atoms with Gasteiger partial charge in [-0.05, 0) is 48.7 Å². The Balaban J connectivity index is 1.48. The number of pyridine rings is 1. The molecule has 1 N–H and O–H groups in total. The molecule has 0 spiro atoms. The van der Waals surface area contributed by atoms with Crippen LogP contribution in [-0.4, -0.2) is 38.8 Å². The number of nitrogens with zero attached hydrogens (tertiary/aromatic N) is 3. The summed E-state index contributed by atoms with van der Waals surface area (Å²) in [5, 5.41) is 1.49. The van der Waals surface area contributed by atoms with E-state index in [0.29, 0.717) is 27.4 Å².